The zero-order valence-electron chi connectivity index (χ0n) is 16.0. The minimum Gasteiger partial charge on any atom is -0.335 e. The van der Waals surface area contributed by atoms with E-state index in [0.29, 0.717) is 13.1 Å². The lowest BCUT2D eigenvalue weighted by molar-refractivity contribution is -0.132. The second kappa shape index (κ2) is 7.84. The van der Waals surface area contributed by atoms with Gasteiger partial charge in [-0.05, 0) is 30.5 Å². The van der Waals surface area contributed by atoms with E-state index < -0.39 is 0 Å². The average molecular weight is 376 g/mol. The summed E-state index contributed by atoms with van der Waals surface area (Å²) < 4.78 is 3.66. The number of carbonyl (C=O) groups excluding carboxylic acids is 1. The molecule has 0 unspecified atom stereocenters. The van der Waals surface area contributed by atoms with E-state index in [9.17, 15) is 9.59 Å². The van der Waals surface area contributed by atoms with Crippen molar-refractivity contribution < 1.29 is 4.79 Å². The summed E-state index contributed by atoms with van der Waals surface area (Å²) in [6.45, 7) is 3.99. The van der Waals surface area contributed by atoms with Crippen molar-refractivity contribution in [1.82, 2.24) is 19.0 Å². The van der Waals surface area contributed by atoms with Gasteiger partial charge in [0.05, 0.1) is 18.6 Å². The van der Waals surface area contributed by atoms with Crippen molar-refractivity contribution in [2.75, 3.05) is 6.54 Å². The van der Waals surface area contributed by atoms with E-state index in [-0.39, 0.29) is 18.0 Å². The molecule has 6 nitrogen and oxygen atoms in total. The van der Waals surface area contributed by atoms with Gasteiger partial charge < -0.3 is 14.0 Å². The minimum absolute atomic E-state index is 0.0459. The third-order valence-electron chi connectivity index (χ3n) is 5.29. The fourth-order valence-corrected chi connectivity index (χ4v) is 3.65. The smallest absolute Gasteiger partial charge is 0.251 e. The monoisotopic (exact) mass is 376 g/mol. The Balaban J connectivity index is 1.40. The molecule has 0 saturated carbocycles. The number of fused-ring (bicyclic) bond motifs is 1. The normalized spacial score (nSPS) is 13.4. The van der Waals surface area contributed by atoms with Crippen LogP contribution in [-0.4, -0.2) is 31.5 Å². The number of aromatic nitrogens is 3. The van der Waals surface area contributed by atoms with Crippen molar-refractivity contribution in [2.24, 2.45) is 0 Å². The van der Waals surface area contributed by atoms with Crippen LogP contribution in [0.2, 0.25) is 0 Å². The van der Waals surface area contributed by atoms with E-state index in [2.05, 4.69) is 33.8 Å². The van der Waals surface area contributed by atoms with Gasteiger partial charge in [-0.15, -0.1) is 0 Å². The first-order chi connectivity index (χ1) is 13.6. The molecule has 4 rings (SSSR count). The molecule has 0 atom stereocenters. The van der Waals surface area contributed by atoms with Gasteiger partial charge in [0.15, 0.2) is 0 Å². The van der Waals surface area contributed by atoms with Crippen molar-refractivity contribution in [3.05, 3.63) is 87.9 Å². The van der Waals surface area contributed by atoms with Crippen LogP contribution in [0.3, 0.4) is 0 Å². The Morgan fingerprint density at radius 1 is 1.14 bits per heavy atom. The number of benzene rings is 1. The molecule has 1 amide bonds. The third-order valence-corrected chi connectivity index (χ3v) is 5.29. The van der Waals surface area contributed by atoms with Crippen LogP contribution in [-0.2, 0) is 37.3 Å². The molecule has 0 N–H and O–H groups in total. The molecular formula is C22H24N4O2. The third kappa shape index (κ3) is 3.91. The Morgan fingerprint density at radius 3 is 2.75 bits per heavy atom. The number of aryl methyl sites for hydroxylation is 3. The zero-order chi connectivity index (χ0) is 19.5. The van der Waals surface area contributed by atoms with Crippen molar-refractivity contribution >= 4 is 5.91 Å². The number of rotatable bonds is 5. The summed E-state index contributed by atoms with van der Waals surface area (Å²) in [7, 11) is 0. The Labute approximate surface area is 164 Å². The van der Waals surface area contributed by atoms with Crippen LogP contribution >= 0.6 is 0 Å². The molecule has 1 aliphatic rings. The lowest BCUT2D eigenvalue weighted by atomic mass is 10.1. The predicted octanol–water partition coefficient (Wildman–Crippen LogP) is 2.18. The SMILES string of the molecule is Cc1ccn(CC(=O)N2CCc3c(ncn3CCc3ccccc3)C2)c(=O)c1. The van der Waals surface area contributed by atoms with E-state index in [1.807, 2.05) is 25.4 Å². The molecule has 28 heavy (non-hydrogen) atoms. The second-order valence-corrected chi connectivity index (χ2v) is 7.30. The minimum atomic E-state index is -0.142. The highest BCUT2D eigenvalue weighted by atomic mass is 16.2. The van der Waals surface area contributed by atoms with Crippen molar-refractivity contribution in [3.63, 3.8) is 0 Å². The summed E-state index contributed by atoms with van der Waals surface area (Å²) in [5, 5.41) is 0. The summed E-state index contributed by atoms with van der Waals surface area (Å²) in [6, 6.07) is 13.8. The van der Waals surface area contributed by atoms with E-state index in [1.165, 1.54) is 15.8 Å². The van der Waals surface area contributed by atoms with Crippen LogP contribution in [0.15, 0.2) is 59.8 Å². The first-order valence-corrected chi connectivity index (χ1v) is 9.62. The Hall–Kier alpha value is -3.15. The fourth-order valence-electron chi connectivity index (χ4n) is 3.65. The van der Waals surface area contributed by atoms with E-state index in [4.69, 9.17) is 0 Å². The second-order valence-electron chi connectivity index (χ2n) is 7.30. The lowest BCUT2D eigenvalue weighted by Gasteiger charge is -2.27. The van der Waals surface area contributed by atoms with E-state index >= 15 is 0 Å². The molecular weight excluding hydrogens is 352 g/mol. The predicted molar refractivity (Wildman–Crippen MR) is 107 cm³/mol. The van der Waals surface area contributed by atoms with Crippen molar-refractivity contribution in [2.45, 2.75) is 39.4 Å². The van der Waals surface area contributed by atoms with Crippen molar-refractivity contribution in [3.8, 4) is 0 Å². The Morgan fingerprint density at radius 2 is 1.96 bits per heavy atom. The molecule has 144 valence electrons. The molecule has 2 aromatic heterocycles. The van der Waals surface area contributed by atoms with Crippen molar-refractivity contribution in [1.29, 1.82) is 0 Å². The Kier molecular flexibility index (Phi) is 5.10. The molecule has 3 heterocycles. The van der Waals surface area contributed by atoms with Gasteiger partial charge in [-0.25, -0.2) is 4.98 Å². The quantitative estimate of drug-likeness (QED) is 0.686. The molecule has 0 aliphatic carbocycles. The van der Waals surface area contributed by atoms with Gasteiger partial charge in [0.1, 0.15) is 6.54 Å². The van der Waals surface area contributed by atoms with Gasteiger partial charge >= 0.3 is 0 Å². The maximum Gasteiger partial charge on any atom is 0.251 e. The summed E-state index contributed by atoms with van der Waals surface area (Å²) >= 11 is 0. The molecule has 0 spiro atoms. The first-order valence-electron chi connectivity index (χ1n) is 9.62. The highest BCUT2D eigenvalue weighted by Crippen LogP contribution is 2.19. The van der Waals surface area contributed by atoms with Crippen LogP contribution in [0.1, 0.15) is 22.5 Å². The first kappa shape index (κ1) is 18.2. The van der Waals surface area contributed by atoms with Gasteiger partial charge in [-0.3, -0.25) is 9.59 Å². The molecule has 0 saturated heterocycles. The molecule has 1 aliphatic heterocycles. The van der Waals surface area contributed by atoms with Gasteiger partial charge in [0, 0.05) is 37.5 Å². The van der Waals surface area contributed by atoms with Gasteiger partial charge in [-0.2, -0.15) is 0 Å². The van der Waals surface area contributed by atoms with E-state index in [0.717, 1.165) is 30.6 Å². The number of imidazole rings is 1. The largest absolute Gasteiger partial charge is 0.335 e. The van der Waals surface area contributed by atoms with Gasteiger partial charge in [0.25, 0.3) is 5.56 Å². The van der Waals surface area contributed by atoms with Crippen LogP contribution in [0, 0.1) is 6.92 Å². The number of amides is 1. The summed E-state index contributed by atoms with van der Waals surface area (Å²) in [5.74, 6) is -0.0459. The topological polar surface area (TPSA) is 60.1 Å². The number of hydrogen-bond acceptors (Lipinski definition) is 3. The van der Waals surface area contributed by atoms with E-state index in [1.54, 1.807) is 17.2 Å². The zero-order valence-corrected chi connectivity index (χ0v) is 16.0. The molecule has 0 fully saturated rings. The highest BCUT2D eigenvalue weighted by Gasteiger charge is 2.24. The molecule has 0 bridgehead atoms. The molecule has 0 radical (unpaired) electrons. The highest BCUT2D eigenvalue weighted by molar-refractivity contribution is 5.76. The van der Waals surface area contributed by atoms with Crippen LogP contribution in [0.25, 0.3) is 0 Å². The average Bonchev–Trinajstić information content (AvgIpc) is 3.11. The number of carbonyl (C=O) groups is 1. The van der Waals surface area contributed by atoms with Gasteiger partial charge in [0.2, 0.25) is 5.91 Å². The maximum absolute atomic E-state index is 12.7. The number of hydrogen-bond donors (Lipinski definition) is 0. The molecule has 6 heteroatoms. The standard InChI is InChI=1S/C22H24N4O2/c1-17-7-10-25(21(27)13-17)15-22(28)24-12-9-20-19(14-24)23-16-26(20)11-8-18-5-3-2-4-6-18/h2-7,10,13,16H,8-9,11-12,14-15H2,1H3. The Bertz CT molecular complexity index is 1040. The fraction of sp³-hybridized carbons (Fsp3) is 0.318. The van der Waals surface area contributed by atoms with Crippen LogP contribution < -0.4 is 5.56 Å². The van der Waals surface area contributed by atoms with Gasteiger partial charge in [-0.1, -0.05) is 30.3 Å². The lowest BCUT2D eigenvalue weighted by Crippen LogP contribution is -2.40. The number of nitrogens with zero attached hydrogens (tertiary/aromatic N) is 4. The summed E-state index contributed by atoms with van der Waals surface area (Å²) in [5.41, 5.74) is 4.24. The summed E-state index contributed by atoms with van der Waals surface area (Å²) in [6.07, 6.45) is 5.32. The molecule has 3 aromatic rings. The summed E-state index contributed by atoms with van der Waals surface area (Å²) in [4.78, 5) is 31.0. The molecule has 1 aromatic carbocycles. The van der Waals surface area contributed by atoms with Crippen LogP contribution in [0.5, 0.6) is 0 Å². The number of pyridine rings is 1. The van der Waals surface area contributed by atoms with Crippen LogP contribution in [0.4, 0.5) is 0 Å². The maximum atomic E-state index is 12.7.